The van der Waals surface area contributed by atoms with E-state index in [1.807, 2.05) is 0 Å². The van der Waals surface area contributed by atoms with Gasteiger partial charge in [0.25, 0.3) is 0 Å². The minimum atomic E-state index is -4.38. The van der Waals surface area contributed by atoms with Gasteiger partial charge in [-0.15, -0.1) is 0 Å². The topological polar surface area (TPSA) is 91.3 Å². The van der Waals surface area contributed by atoms with E-state index < -0.39 is 19.0 Å². The molecular formula is C9H19NaO5S3. The third kappa shape index (κ3) is 15.3. The minimum Gasteiger partial charge on any atom is -0.739 e. The molecule has 18 heavy (non-hydrogen) atoms. The van der Waals surface area contributed by atoms with E-state index in [-0.39, 0.29) is 57.6 Å². The van der Waals surface area contributed by atoms with Gasteiger partial charge in [0.05, 0.1) is 11.5 Å². The molecule has 0 amide bonds. The number of hydrogen-bond donors (Lipinski definition) is 0. The predicted octanol–water partition coefficient (Wildman–Crippen LogP) is -1.43. The van der Waals surface area contributed by atoms with E-state index in [0.29, 0.717) is 6.42 Å². The Morgan fingerprint density at radius 2 is 1.50 bits per heavy atom. The molecule has 0 atom stereocenters. The number of unbranched alkanes of at least 4 members (excludes halogenated alkanes) is 4. The summed E-state index contributed by atoms with van der Waals surface area (Å²) in [5, 5.41) is 0. The molecule has 0 N–H and O–H groups in total. The zero-order valence-corrected chi connectivity index (χ0v) is 15.4. The summed E-state index contributed by atoms with van der Waals surface area (Å²) in [6.07, 6.45) is 4.71. The van der Waals surface area contributed by atoms with Crippen molar-refractivity contribution in [2.45, 2.75) is 39.0 Å². The molecule has 0 aromatic heterocycles. The van der Waals surface area contributed by atoms with E-state index >= 15 is 0 Å². The Balaban J connectivity index is 0. The summed E-state index contributed by atoms with van der Waals surface area (Å²) in [6.45, 7) is 2.08. The molecule has 0 rings (SSSR count). The Hall–Kier alpha value is 1.21. The van der Waals surface area contributed by atoms with Gasteiger partial charge in [-0.1, -0.05) is 32.6 Å². The molecule has 0 aromatic carbocycles. The zero-order chi connectivity index (χ0) is 13.4. The number of rotatable bonds is 10. The summed E-state index contributed by atoms with van der Waals surface area (Å²) in [7, 11) is -7.45. The predicted molar refractivity (Wildman–Crippen MR) is 69.6 cm³/mol. The van der Waals surface area contributed by atoms with Crippen molar-refractivity contribution < 1.29 is 50.9 Å². The molecular weight excluding hydrogens is 307 g/mol. The quantitative estimate of drug-likeness (QED) is 0.212. The van der Waals surface area contributed by atoms with Crippen LogP contribution in [0.3, 0.4) is 0 Å². The monoisotopic (exact) mass is 326 g/mol. The van der Waals surface area contributed by atoms with Gasteiger partial charge in [0.2, 0.25) is 0 Å². The third-order valence-electron chi connectivity index (χ3n) is 2.18. The molecule has 5 nitrogen and oxygen atoms in total. The first-order valence-electron chi connectivity index (χ1n) is 5.57. The number of sulfone groups is 1. The molecule has 0 aliphatic carbocycles. The SMILES string of the molecule is CCCCCCCS(=O)(=O)CCSS(=O)(=O)[O-].[Na+]. The van der Waals surface area contributed by atoms with E-state index in [2.05, 4.69) is 6.92 Å². The summed E-state index contributed by atoms with van der Waals surface area (Å²) in [6, 6.07) is 0. The Morgan fingerprint density at radius 3 is 2.00 bits per heavy atom. The van der Waals surface area contributed by atoms with E-state index in [0.717, 1.165) is 25.7 Å². The average Bonchev–Trinajstić information content (AvgIpc) is 2.14. The summed E-state index contributed by atoms with van der Waals surface area (Å²) < 4.78 is 53.7. The van der Waals surface area contributed by atoms with Crippen LogP contribution in [0.4, 0.5) is 0 Å². The Bertz CT molecular complexity index is 390. The Kier molecular flexibility index (Phi) is 13.1. The molecule has 0 unspecified atom stereocenters. The fourth-order valence-corrected chi connectivity index (χ4v) is 4.86. The molecule has 104 valence electrons. The molecule has 0 aromatic rings. The fourth-order valence-electron chi connectivity index (χ4n) is 1.29. The molecule has 0 radical (unpaired) electrons. The molecule has 0 heterocycles. The van der Waals surface area contributed by atoms with Gasteiger partial charge < -0.3 is 4.55 Å². The van der Waals surface area contributed by atoms with E-state index in [4.69, 9.17) is 0 Å². The van der Waals surface area contributed by atoms with Gasteiger partial charge in [0.1, 0.15) is 9.15 Å². The average molecular weight is 326 g/mol. The zero-order valence-electron chi connectivity index (χ0n) is 10.9. The second-order valence-corrected chi connectivity index (χ2v) is 9.49. The van der Waals surface area contributed by atoms with Crippen LogP contribution in [0.5, 0.6) is 0 Å². The van der Waals surface area contributed by atoms with Gasteiger partial charge in [-0.2, -0.15) is 0 Å². The van der Waals surface area contributed by atoms with Gasteiger partial charge in [0, 0.05) is 5.75 Å². The number of hydrogen-bond acceptors (Lipinski definition) is 6. The van der Waals surface area contributed by atoms with E-state index in [1.54, 1.807) is 0 Å². The maximum atomic E-state index is 11.4. The van der Waals surface area contributed by atoms with Crippen molar-refractivity contribution in [2.75, 3.05) is 17.3 Å². The van der Waals surface area contributed by atoms with Crippen molar-refractivity contribution in [1.29, 1.82) is 0 Å². The van der Waals surface area contributed by atoms with Crippen LogP contribution in [-0.4, -0.2) is 38.6 Å². The maximum absolute atomic E-state index is 11.4. The molecule has 0 saturated heterocycles. The second-order valence-electron chi connectivity index (χ2n) is 3.80. The molecule has 0 saturated carbocycles. The van der Waals surface area contributed by atoms with Crippen LogP contribution in [0.2, 0.25) is 0 Å². The normalized spacial score (nSPS) is 12.1. The van der Waals surface area contributed by atoms with E-state index in [1.165, 1.54) is 0 Å². The summed E-state index contributed by atoms with van der Waals surface area (Å²) >= 11 is 0. The second kappa shape index (κ2) is 10.9. The Morgan fingerprint density at radius 1 is 0.944 bits per heavy atom. The fraction of sp³-hybridized carbons (Fsp3) is 1.00. The largest absolute Gasteiger partial charge is 1.00 e. The summed E-state index contributed by atoms with van der Waals surface area (Å²) in [5.41, 5.74) is 0. The van der Waals surface area contributed by atoms with Gasteiger partial charge in [0.15, 0.2) is 9.84 Å². The van der Waals surface area contributed by atoms with Crippen LogP contribution in [0.1, 0.15) is 39.0 Å². The molecule has 0 aliphatic heterocycles. The van der Waals surface area contributed by atoms with Crippen LogP contribution < -0.4 is 29.6 Å². The van der Waals surface area contributed by atoms with E-state index in [9.17, 15) is 21.4 Å². The maximum Gasteiger partial charge on any atom is 1.00 e. The van der Waals surface area contributed by atoms with Crippen molar-refractivity contribution in [3.8, 4) is 0 Å². The van der Waals surface area contributed by atoms with Gasteiger partial charge >= 0.3 is 29.6 Å². The van der Waals surface area contributed by atoms with Gasteiger partial charge in [-0.25, -0.2) is 16.8 Å². The van der Waals surface area contributed by atoms with Crippen molar-refractivity contribution in [3.05, 3.63) is 0 Å². The minimum absolute atomic E-state index is 0. The van der Waals surface area contributed by atoms with Crippen LogP contribution in [-0.2, 0) is 19.0 Å². The van der Waals surface area contributed by atoms with Crippen LogP contribution in [0.15, 0.2) is 0 Å². The summed E-state index contributed by atoms with van der Waals surface area (Å²) in [5.74, 6) is -0.341. The van der Waals surface area contributed by atoms with Crippen molar-refractivity contribution in [2.24, 2.45) is 0 Å². The van der Waals surface area contributed by atoms with Crippen LogP contribution in [0, 0.1) is 0 Å². The van der Waals surface area contributed by atoms with Crippen molar-refractivity contribution in [3.63, 3.8) is 0 Å². The van der Waals surface area contributed by atoms with Gasteiger partial charge in [-0.05, 0) is 17.2 Å². The first-order chi connectivity index (χ1) is 7.77. The molecule has 0 spiro atoms. The summed E-state index contributed by atoms with van der Waals surface area (Å²) in [4.78, 5) is 0. The first kappa shape index (κ1) is 21.5. The third-order valence-corrected chi connectivity index (χ3v) is 6.20. The first-order valence-corrected chi connectivity index (χ1v) is 10.3. The molecule has 0 bridgehead atoms. The standard InChI is InChI=1S/C9H20O5S3.Na/c1-2-3-4-5-6-8-16(10,11)9-7-15-17(12,13)14;/h2-9H2,1H3,(H,12,13,14);/q;+1/p-1. The smallest absolute Gasteiger partial charge is 0.739 e. The van der Waals surface area contributed by atoms with Crippen molar-refractivity contribution >= 4 is 29.8 Å². The molecule has 0 aliphatic rings. The van der Waals surface area contributed by atoms with Crippen LogP contribution >= 0.6 is 10.8 Å². The Labute approximate surface area is 136 Å². The van der Waals surface area contributed by atoms with Crippen LogP contribution in [0.25, 0.3) is 0 Å². The molecule has 0 fully saturated rings. The van der Waals surface area contributed by atoms with Crippen molar-refractivity contribution in [1.82, 2.24) is 0 Å². The van der Waals surface area contributed by atoms with Gasteiger partial charge in [-0.3, -0.25) is 0 Å². The molecule has 9 heteroatoms.